The van der Waals surface area contributed by atoms with Crippen LogP contribution in [0.4, 0.5) is 0 Å². The Hall–Kier alpha value is -1.28. The van der Waals surface area contributed by atoms with Gasteiger partial charge in [0.25, 0.3) is 5.91 Å². The van der Waals surface area contributed by atoms with E-state index in [4.69, 9.17) is 27.9 Å². The van der Waals surface area contributed by atoms with E-state index in [1.807, 2.05) is 18.4 Å². The molecule has 1 aliphatic rings. The van der Waals surface area contributed by atoms with Crippen molar-refractivity contribution >= 4 is 50.3 Å². The van der Waals surface area contributed by atoms with Crippen molar-refractivity contribution in [1.29, 1.82) is 0 Å². The number of ether oxygens (including phenoxy) is 1. The van der Waals surface area contributed by atoms with Crippen LogP contribution in [0, 0.1) is 6.92 Å². The normalized spacial score (nSPS) is 19.4. The molecule has 0 radical (unpaired) electrons. The average Bonchev–Trinajstić information content (AvgIpc) is 3.19. The number of aryl methyl sites for hydroxylation is 1. The first kappa shape index (κ1) is 21.4. The van der Waals surface area contributed by atoms with Gasteiger partial charge in [0.05, 0.1) is 23.1 Å². The molecule has 1 aromatic carbocycles. The molecule has 0 aliphatic carbocycles. The fraction of sp³-hybridized carbons (Fsp3) is 0.421. The van der Waals surface area contributed by atoms with Crippen molar-refractivity contribution in [2.75, 3.05) is 11.5 Å². The van der Waals surface area contributed by atoms with E-state index in [-0.39, 0.29) is 23.5 Å². The lowest BCUT2D eigenvalue weighted by atomic mass is 10.1. The van der Waals surface area contributed by atoms with E-state index in [1.54, 1.807) is 41.4 Å². The van der Waals surface area contributed by atoms with Crippen molar-refractivity contribution in [3.8, 4) is 5.75 Å². The Morgan fingerprint density at radius 1 is 1.36 bits per heavy atom. The summed E-state index contributed by atoms with van der Waals surface area (Å²) in [7, 11) is -3.13. The summed E-state index contributed by atoms with van der Waals surface area (Å²) in [6, 6.07) is 6.43. The first-order valence-corrected chi connectivity index (χ1v) is 12.3. The van der Waals surface area contributed by atoms with Gasteiger partial charge < -0.3 is 9.64 Å². The summed E-state index contributed by atoms with van der Waals surface area (Å²) >= 11 is 13.6. The molecule has 9 heteroatoms. The third kappa shape index (κ3) is 5.00. The second kappa shape index (κ2) is 8.61. The van der Waals surface area contributed by atoms with Crippen LogP contribution in [0.25, 0.3) is 0 Å². The molecule has 1 aliphatic heterocycles. The Bertz CT molecular complexity index is 974. The quantitative estimate of drug-likeness (QED) is 0.641. The third-order valence-electron chi connectivity index (χ3n) is 4.76. The summed E-state index contributed by atoms with van der Waals surface area (Å²) in [4.78, 5) is 15.9. The largest absolute Gasteiger partial charge is 0.479 e. The Balaban J connectivity index is 1.81. The first-order valence-electron chi connectivity index (χ1n) is 8.82. The molecular weight excluding hydrogens is 441 g/mol. The smallest absolute Gasteiger partial charge is 0.263 e. The minimum Gasteiger partial charge on any atom is -0.479 e. The summed E-state index contributed by atoms with van der Waals surface area (Å²) in [5, 5.41) is 2.75. The zero-order valence-electron chi connectivity index (χ0n) is 15.5. The molecule has 0 saturated carbocycles. The molecule has 0 N–H and O–H groups in total. The van der Waals surface area contributed by atoms with E-state index in [0.29, 0.717) is 28.8 Å². The second-order valence-corrected chi connectivity index (χ2v) is 11.0. The molecule has 2 atom stereocenters. The van der Waals surface area contributed by atoms with E-state index >= 15 is 0 Å². The number of thiophene rings is 1. The van der Waals surface area contributed by atoms with Gasteiger partial charge in [-0.15, -0.1) is 11.3 Å². The highest BCUT2D eigenvalue weighted by Gasteiger charge is 2.37. The first-order chi connectivity index (χ1) is 13.2. The van der Waals surface area contributed by atoms with Crippen molar-refractivity contribution in [1.82, 2.24) is 4.90 Å². The van der Waals surface area contributed by atoms with Gasteiger partial charge in [-0.05, 0) is 55.5 Å². The van der Waals surface area contributed by atoms with Crippen LogP contribution in [0.2, 0.25) is 10.0 Å². The lowest BCUT2D eigenvalue weighted by Gasteiger charge is -2.31. The maximum Gasteiger partial charge on any atom is 0.263 e. The maximum atomic E-state index is 13.2. The van der Waals surface area contributed by atoms with Crippen LogP contribution < -0.4 is 4.74 Å². The van der Waals surface area contributed by atoms with Gasteiger partial charge in [-0.3, -0.25) is 4.79 Å². The van der Waals surface area contributed by atoms with E-state index in [1.165, 1.54) is 0 Å². The molecule has 0 unspecified atom stereocenters. The highest BCUT2D eigenvalue weighted by atomic mass is 35.5. The van der Waals surface area contributed by atoms with Gasteiger partial charge in [0.15, 0.2) is 15.9 Å². The van der Waals surface area contributed by atoms with Gasteiger partial charge in [0, 0.05) is 15.9 Å². The van der Waals surface area contributed by atoms with Crippen LogP contribution in [0.15, 0.2) is 29.6 Å². The molecule has 1 fully saturated rings. The summed E-state index contributed by atoms with van der Waals surface area (Å²) in [5.41, 5.74) is 1.08. The van der Waals surface area contributed by atoms with Gasteiger partial charge in [-0.25, -0.2) is 8.42 Å². The van der Waals surface area contributed by atoms with Crippen LogP contribution in [0.3, 0.4) is 0 Å². The zero-order valence-corrected chi connectivity index (χ0v) is 18.7. The standard InChI is InChI=1S/C19H21Cl2NO4S2/c1-12-5-7-27-18(12)10-22(15-6-8-28(24,25)11-15)19(23)13(2)26-17-4-3-14(20)9-16(17)21/h3-5,7,9,13,15H,6,8,10-11H2,1-2H3/t13-,15+/m0/s1. The topological polar surface area (TPSA) is 63.7 Å². The van der Waals surface area contributed by atoms with Crippen molar-refractivity contribution in [2.45, 2.75) is 39.0 Å². The Kier molecular flexibility index (Phi) is 6.59. The van der Waals surface area contributed by atoms with E-state index in [2.05, 4.69) is 0 Å². The molecule has 5 nitrogen and oxygen atoms in total. The molecule has 152 valence electrons. The van der Waals surface area contributed by atoms with E-state index in [9.17, 15) is 13.2 Å². The molecule has 1 saturated heterocycles. The van der Waals surface area contributed by atoms with E-state index < -0.39 is 15.9 Å². The summed E-state index contributed by atoms with van der Waals surface area (Å²) in [6.45, 7) is 3.99. The minimum absolute atomic E-state index is 0.0163. The van der Waals surface area contributed by atoms with Crippen LogP contribution in [0.1, 0.15) is 23.8 Å². The third-order valence-corrected chi connectivity index (χ3v) is 8.05. The fourth-order valence-electron chi connectivity index (χ4n) is 3.17. The highest BCUT2D eigenvalue weighted by molar-refractivity contribution is 7.91. The number of benzene rings is 1. The zero-order chi connectivity index (χ0) is 20.5. The van der Waals surface area contributed by atoms with Crippen molar-refractivity contribution in [3.05, 3.63) is 50.1 Å². The number of carbonyl (C=O) groups excluding carboxylic acids is 1. The van der Waals surface area contributed by atoms with Crippen molar-refractivity contribution < 1.29 is 17.9 Å². The molecule has 28 heavy (non-hydrogen) atoms. The molecule has 1 aromatic heterocycles. The maximum absolute atomic E-state index is 13.2. The number of sulfone groups is 1. The number of amides is 1. The lowest BCUT2D eigenvalue weighted by molar-refractivity contribution is -0.140. The molecule has 2 heterocycles. The predicted molar refractivity (Wildman–Crippen MR) is 113 cm³/mol. The second-order valence-electron chi connectivity index (χ2n) is 6.88. The Morgan fingerprint density at radius 3 is 2.68 bits per heavy atom. The average molecular weight is 462 g/mol. The lowest BCUT2D eigenvalue weighted by Crippen LogP contribution is -2.46. The molecule has 2 aromatic rings. The van der Waals surface area contributed by atoms with Gasteiger partial charge >= 0.3 is 0 Å². The van der Waals surface area contributed by atoms with Gasteiger partial charge in [0.2, 0.25) is 0 Å². The summed E-state index contributed by atoms with van der Waals surface area (Å²) in [5.74, 6) is 0.180. The number of rotatable bonds is 6. The number of halogens is 2. The number of carbonyl (C=O) groups is 1. The minimum atomic E-state index is -3.13. The molecule has 0 bridgehead atoms. The van der Waals surface area contributed by atoms with Crippen LogP contribution in [-0.2, 0) is 21.2 Å². The predicted octanol–water partition coefficient (Wildman–Crippen LogP) is 4.35. The highest BCUT2D eigenvalue weighted by Crippen LogP contribution is 2.30. The number of hydrogen-bond donors (Lipinski definition) is 0. The van der Waals surface area contributed by atoms with Gasteiger partial charge in [0.1, 0.15) is 5.75 Å². The molecular formula is C19H21Cl2NO4S2. The van der Waals surface area contributed by atoms with Crippen molar-refractivity contribution in [3.63, 3.8) is 0 Å². The van der Waals surface area contributed by atoms with E-state index in [0.717, 1.165) is 10.4 Å². The number of nitrogens with zero attached hydrogens (tertiary/aromatic N) is 1. The van der Waals surface area contributed by atoms with Gasteiger partial charge in [-0.2, -0.15) is 0 Å². The van der Waals surface area contributed by atoms with Crippen LogP contribution in [-0.4, -0.2) is 42.9 Å². The number of hydrogen-bond acceptors (Lipinski definition) is 5. The van der Waals surface area contributed by atoms with Crippen molar-refractivity contribution in [2.24, 2.45) is 0 Å². The monoisotopic (exact) mass is 461 g/mol. The van der Waals surface area contributed by atoms with Crippen LogP contribution >= 0.6 is 34.5 Å². The summed E-state index contributed by atoms with van der Waals surface area (Å²) in [6.07, 6.45) is -0.380. The Morgan fingerprint density at radius 2 is 2.11 bits per heavy atom. The fourth-order valence-corrected chi connectivity index (χ4v) is 6.26. The summed E-state index contributed by atoms with van der Waals surface area (Å²) < 4.78 is 29.7. The van der Waals surface area contributed by atoms with Gasteiger partial charge in [-0.1, -0.05) is 23.2 Å². The molecule has 0 spiro atoms. The molecule has 1 amide bonds. The molecule has 3 rings (SSSR count). The van der Waals surface area contributed by atoms with Crippen LogP contribution in [0.5, 0.6) is 5.75 Å². The Labute approximate surface area is 179 Å². The SMILES string of the molecule is Cc1ccsc1CN(C(=O)[C@H](C)Oc1ccc(Cl)cc1Cl)[C@@H]1CCS(=O)(=O)C1.